The van der Waals surface area contributed by atoms with Crippen molar-refractivity contribution < 1.29 is 71.2 Å². The molecule has 10 heteroatoms. The van der Waals surface area contributed by atoms with E-state index < -0.39 is 29.5 Å². The summed E-state index contributed by atoms with van der Waals surface area (Å²) in [6.45, 7) is 1.69. The van der Waals surface area contributed by atoms with Crippen LogP contribution in [0, 0.1) is 0 Å². The summed E-state index contributed by atoms with van der Waals surface area (Å²) in [7, 11) is 0. The normalized spacial score (nSPS) is 10.2. The summed E-state index contributed by atoms with van der Waals surface area (Å²) >= 11 is 11.8. The molecule has 0 saturated heterocycles. The summed E-state index contributed by atoms with van der Waals surface area (Å²) in [5.74, 6) is -3.05. The number of carboxylic acid groups (broad SMARTS) is 2. The second-order valence-corrected chi connectivity index (χ2v) is 5.64. The molecule has 0 saturated carbocycles. The summed E-state index contributed by atoms with van der Waals surface area (Å²) in [6, 6.07) is 4.44. The van der Waals surface area contributed by atoms with Gasteiger partial charge < -0.3 is 15.0 Å². The number of aromatic carboxylic acids is 1. The maximum Gasteiger partial charge on any atom is 1.00 e. The first kappa shape index (κ1) is 22.3. The van der Waals surface area contributed by atoms with Crippen LogP contribution in [-0.4, -0.2) is 26.8 Å². The van der Waals surface area contributed by atoms with Crippen molar-refractivity contribution in [1.29, 1.82) is 0 Å². The second kappa shape index (κ2) is 9.27. The number of benzene rings is 1. The summed E-state index contributed by atoms with van der Waals surface area (Å²) in [4.78, 5) is 34.5. The average molecular weight is 409 g/mol. The maximum absolute atomic E-state index is 12.2. The number of aliphatic carboxylic acids is 1. The van der Waals surface area contributed by atoms with Crippen LogP contribution in [0.15, 0.2) is 23.0 Å². The van der Waals surface area contributed by atoms with Crippen LogP contribution in [0.25, 0.3) is 5.69 Å². The van der Waals surface area contributed by atoms with Gasteiger partial charge >= 0.3 is 57.4 Å². The Morgan fingerprint density at radius 3 is 2.40 bits per heavy atom. The minimum atomic E-state index is -1.79. The number of rotatable bonds is 5. The number of aromatic nitrogens is 2. The van der Waals surface area contributed by atoms with Crippen LogP contribution in [0.1, 0.15) is 28.7 Å². The average Bonchev–Trinajstić information content (AvgIpc) is 2.51. The Labute approximate surface area is 195 Å². The van der Waals surface area contributed by atoms with Crippen molar-refractivity contribution in [2.24, 2.45) is 0 Å². The van der Waals surface area contributed by atoms with E-state index in [9.17, 15) is 19.5 Å². The van der Waals surface area contributed by atoms with Gasteiger partial charge in [0, 0.05) is 5.56 Å². The minimum absolute atomic E-state index is 0. The van der Waals surface area contributed by atoms with Gasteiger partial charge in [-0.25, -0.2) is 4.68 Å². The fourth-order valence-electron chi connectivity index (χ4n) is 2.27. The Morgan fingerprint density at radius 1 is 1.28 bits per heavy atom. The Hall–Kier alpha value is -0.744. The molecular formula is C15H11Cl2KN2O5. The van der Waals surface area contributed by atoms with Crippen LogP contribution in [0.4, 0.5) is 0 Å². The summed E-state index contributed by atoms with van der Waals surface area (Å²) in [6.07, 6.45) is -0.384. The van der Waals surface area contributed by atoms with Crippen molar-refractivity contribution in [1.82, 2.24) is 9.78 Å². The third-order valence-corrected chi connectivity index (χ3v) is 4.04. The largest absolute Gasteiger partial charge is 1.00 e. The molecule has 1 N–H and O–H groups in total. The second-order valence-electron chi connectivity index (χ2n) is 4.82. The Morgan fingerprint density at radius 2 is 1.92 bits per heavy atom. The predicted molar refractivity (Wildman–Crippen MR) is 84.9 cm³/mol. The van der Waals surface area contributed by atoms with Crippen molar-refractivity contribution in [2.75, 3.05) is 0 Å². The van der Waals surface area contributed by atoms with Crippen molar-refractivity contribution in [2.45, 2.75) is 19.8 Å². The van der Waals surface area contributed by atoms with Crippen molar-refractivity contribution >= 4 is 35.1 Å². The fraction of sp³-hybridized carbons (Fsp3) is 0.200. The standard InChI is InChI=1S/C15H12Cl2N2O5.K/c1-2-11-8(6-12(20)21)14(22)13(15(23)24)18-19(11)7-3-4-9(16)10(17)5-7;/h3-5H,2,6H2,1H3,(H,20,21)(H,23,24);/q;+1/p-1. The molecule has 0 aliphatic rings. The van der Waals surface area contributed by atoms with Crippen LogP contribution in [0.3, 0.4) is 0 Å². The van der Waals surface area contributed by atoms with E-state index in [0.717, 1.165) is 0 Å². The quantitative estimate of drug-likeness (QED) is 0.578. The zero-order valence-electron chi connectivity index (χ0n) is 13.4. The SMILES string of the molecule is CCc1c(CC(=O)O)c(=O)c(C(=O)[O-])nn1-c1ccc(Cl)c(Cl)c1.[K+]. The first-order valence-corrected chi connectivity index (χ1v) is 7.55. The topological polar surface area (TPSA) is 112 Å². The maximum atomic E-state index is 12.2. The number of carboxylic acids is 2. The number of carbonyl (C=O) groups excluding carboxylic acids is 1. The van der Waals surface area contributed by atoms with Crippen molar-refractivity contribution in [3.8, 4) is 5.69 Å². The summed E-state index contributed by atoms with van der Waals surface area (Å²) in [5, 5.41) is 24.5. The zero-order valence-corrected chi connectivity index (χ0v) is 18.0. The van der Waals surface area contributed by atoms with E-state index in [0.29, 0.717) is 5.69 Å². The molecule has 2 aromatic rings. The number of hydrogen-bond acceptors (Lipinski definition) is 5. The van der Waals surface area contributed by atoms with E-state index in [2.05, 4.69) is 5.10 Å². The minimum Gasteiger partial charge on any atom is -0.543 e. The first-order chi connectivity index (χ1) is 11.3. The molecule has 126 valence electrons. The van der Waals surface area contributed by atoms with Crippen LogP contribution < -0.4 is 61.9 Å². The molecule has 1 aromatic heterocycles. The van der Waals surface area contributed by atoms with Gasteiger partial charge in [0.05, 0.1) is 33.8 Å². The number of nitrogens with zero attached hydrogens (tertiary/aromatic N) is 2. The number of hydrogen-bond donors (Lipinski definition) is 1. The van der Waals surface area contributed by atoms with E-state index in [1.165, 1.54) is 22.9 Å². The molecule has 0 bridgehead atoms. The molecule has 1 aromatic carbocycles. The molecular weight excluding hydrogens is 398 g/mol. The third kappa shape index (κ3) is 4.91. The Kier molecular flexibility index (Phi) is 8.27. The van der Waals surface area contributed by atoms with Gasteiger partial charge in [-0.1, -0.05) is 30.1 Å². The van der Waals surface area contributed by atoms with E-state index in [-0.39, 0.29) is 79.1 Å². The van der Waals surface area contributed by atoms with Gasteiger partial charge in [0.15, 0.2) is 5.69 Å². The van der Waals surface area contributed by atoms with E-state index in [1.54, 1.807) is 6.92 Å². The molecule has 0 fully saturated rings. The van der Waals surface area contributed by atoms with Gasteiger partial charge in [-0.3, -0.25) is 9.59 Å². The first-order valence-electron chi connectivity index (χ1n) is 6.79. The van der Waals surface area contributed by atoms with Gasteiger partial charge in [-0.2, -0.15) is 5.10 Å². The fourth-order valence-corrected chi connectivity index (χ4v) is 2.56. The third-order valence-electron chi connectivity index (χ3n) is 3.30. The Bertz CT molecular complexity index is 898. The number of halogens is 2. The van der Waals surface area contributed by atoms with E-state index in [4.69, 9.17) is 28.3 Å². The van der Waals surface area contributed by atoms with Gasteiger partial charge in [0.25, 0.3) is 0 Å². The molecule has 7 nitrogen and oxygen atoms in total. The van der Waals surface area contributed by atoms with Crippen molar-refractivity contribution in [3.05, 3.63) is 55.4 Å². The van der Waals surface area contributed by atoms with Gasteiger partial charge in [0.2, 0.25) is 5.43 Å². The molecule has 0 radical (unpaired) electrons. The zero-order chi connectivity index (χ0) is 18.0. The molecule has 0 atom stereocenters. The monoisotopic (exact) mass is 408 g/mol. The molecule has 0 unspecified atom stereocenters. The van der Waals surface area contributed by atoms with Crippen LogP contribution in [0.2, 0.25) is 10.0 Å². The van der Waals surface area contributed by atoms with Crippen LogP contribution in [0.5, 0.6) is 0 Å². The molecule has 0 amide bonds. The molecule has 2 rings (SSSR count). The summed E-state index contributed by atoms with van der Waals surface area (Å²) < 4.78 is 1.17. The Balaban J connectivity index is 0.00000312. The van der Waals surface area contributed by atoms with Crippen molar-refractivity contribution in [3.63, 3.8) is 0 Å². The van der Waals surface area contributed by atoms with Gasteiger partial charge in [-0.15, -0.1) is 0 Å². The van der Waals surface area contributed by atoms with Crippen LogP contribution >= 0.6 is 23.2 Å². The predicted octanol–water partition coefficient (Wildman–Crippen LogP) is -1.90. The molecule has 1 heterocycles. The number of carbonyl (C=O) groups is 2. The van der Waals surface area contributed by atoms with Gasteiger partial charge in [0.1, 0.15) is 0 Å². The van der Waals surface area contributed by atoms with Crippen LogP contribution in [-0.2, 0) is 17.6 Å². The molecule has 0 spiro atoms. The molecule has 25 heavy (non-hydrogen) atoms. The smallest absolute Gasteiger partial charge is 0.543 e. The summed E-state index contributed by atoms with van der Waals surface area (Å²) in [5.41, 5.74) is -1.38. The van der Waals surface area contributed by atoms with E-state index >= 15 is 0 Å². The van der Waals surface area contributed by atoms with E-state index in [1.807, 2.05) is 0 Å². The molecule has 0 aliphatic carbocycles. The van der Waals surface area contributed by atoms with Gasteiger partial charge in [-0.05, 0) is 24.6 Å². The molecule has 0 aliphatic heterocycles.